The maximum Gasteiger partial charge on any atom is 0.270 e. The van der Waals surface area contributed by atoms with Crippen molar-refractivity contribution in [2.75, 3.05) is 0 Å². The molecular formula is C8H7F2NO2. The largest absolute Gasteiger partial charge is 0.270 e. The van der Waals surface area contributed by atoms with E-state index in [2.05, 4.69) is 0 Å². The Hall–Kier alpha value is -1.52. The van der Waals surface area contributed by atoms with Gasteiger partial charge in [-0.1, -0.05) is 6.07 Å². The third-order valence-electron chi connectivity index (χ3n) is 1.56. The predicted octanol–water partition coefficient (Wildman–Crippen LogP) is 2.53. The van der Waals surface area contributed by atoms with Crippen LogP contribution in [0.25, 0.3) is 0 Å². The fourth-order valence-corrected chi connectivity index (χ4v) is 1.00. The van der Waals surface area contributed by atoms with Crippen molar-refractivity contribution in [3.8, 4) is 0 Å². The van der Waals surface area contributed by atoms with Crippen LogP contribution in [0.4, 0.5) is 14.5 Å². The minimum Gasteiger partial charge on any atom is -0.258 e. The second kappa shape index (κ2) is 3.93. The zero-order chi connectivity index (χ0) is 9.84. The number of alkyl halides is 2. The molecule has 0 radical (unpaired) electrons. The lowest BCUT2D eigenvalue weighted by Gasteiger charge is -1.98. The van der Waals surface area contributed by atoms with Gasteiger partial charge in [0.2, 0.25) is 0 Å². The molecule has 3 nitrogen and oxygen atoms in total. The number of rotatable bonds is 3. The fraction of sp³-hybridized carbons (Fsp3) is 0.250. The zero-order valence-electron chi connectivity index (χ0n) is 6.67. The summed E-state index contributed by atoms with van der Waals surface area (Å²) in [6.07, 6.45) is 0. The summed E-state index contributed by atoms with van der Waals surface area (Å²) in [5.41, 5.74) is -0.0218. The molecule has 0 aliphatic heterocycles. The molecule has 0 aliphatic rings. The van der Waals surface area contributed by atoms with Gasteiger partial charge in [0.05, 0.1) is 4.92 Å². The minimum absolute atomic E-state index is 0.127. The molecular weight excluding hydrogens is 180 g/mol. The highest BCUT2D eigenvalue weighted by Gasteiger charge is 2.09. The average molecular weight is 187 g/mol. The highest BCUT2D eigenvalue weighted by molar-refractivity contribution is 5.38. The molecule has 0 N–H and O–H groups in total. The first-order valence-corrected chi connectivity index (χ1v) is 3.56. The summed E-state index contributed by atoms with van der Waals surface area (Å²) in [4.78, 5) is 9.63. The van der Waals surface area contributed by atoms with Gasteiger partial charge in [0.15, 0.2) is 0 Å². The van der Waals surface area contributed by atoms with Gasteiger partial charge in [-0.15, -0.1) is 0 Å². The number of non-ortho nitro benzene ring substituents is 1. The van der Waals surface area contributed by atoms with Crippen molar-refractivity contribution in [2.45, 2.75) is 13.3 Å². The van der Waals surface area contributed by atoms with Crippen LogP contribution in [0, 0.1) is 10.1 Å². The number of halogens is 2. The fourth-order valence-electron chi connectivity index (χ4n) is 1.00. The Morgan fingerprint density at radius 3 is 1.92 bits per heavy atom. The van der Waals surface area contributed by atoms with Crippen LogP contribution in [0.5, 0.6) is 0 Å². The van der Waals surface area contributed by atoms with Gasteiger partial charge in [-0.25, -0.2) is 8.78 Å². The van der Waals surface area contributed by atoms with Crippen LogP contribution in [0.1, 0.15) is 11.1 Å². The van der Waals surface area contributed by atoms with Crippen LogP contribution in [0.15, 0.2) is 18.2 Å². The van der Waals surface area contributed by atoms with Gasteiger partial charge in [-0.2, -0.15) is 0 Å². The molecule has 0 amide bonds. The van der Waals surface area contributed by atoms with Crippen LogP contribution < -0.4 is 0 Å². The first-order valence-electron chi connectivity index (χ1n) is 3.56. The van der Waals surface area contributed by atoms with Crippen LogP contribution in [0.3, 0.4) is 0 Å². The third kappa shape index (κ3) is 2.21. The minimum atomic E-state index is -0.825. The molecule has 13 heavy (non-hydrogen) atoms. The first kappa shape index (κ1) is 9.57. The first-order chi connectivity index (χ1) is 6.17. The standard InChI is InChI=1S/C8H7F2NO2/c9-4-6-1-7(5-10)3-8(2-6)11(12)13/h1-3H,4-5H2. The van der Waals surface area contributed by atoms with Gasteiger partial charge in [-0.05, 0) is 11.1 Å². The molecule has 0 fully saturated rings. The Kier molecular flexibility index (Phi) is 2.89. The van der Waals surface area contributed by atoms with Gasteiger partial charge in [0.25, 0.3) is 5.69 Å². The molecule has 70 valence electrons. The monoisotopic (exact) mass is 187 g/mol. The third-order valence-corrected chi connectivity index (χ3v) is 1.56. The smallest absolute Gasteiger partial charge is 0.258 e. The summed E-state index contributed by atoms with van der Waals surface area (Å²) < 4.78 is 24.3. The van der Waals surface area contributed by atoms with Gasteiger partial charge < -0.3 is 0 Å². The summed E-state index contributed by atoms with van der Waals surface area (Å²) in [6.45, 7) is -1.65. The van der Waals surface area contributed by atoms with Gasteiger partial charge in [0.1, 0.15) is 13.3 Å². The molecule has 0 spiro atoms. The van der Waals surface area contributed by atoms with E-state index < -0.39 is 18.3 Å². The van der Waals surface area contributed by atoms with Gasteiger partial charge in [-0.3, -0.25) is 10.1 Å². The Morgan fingerprint density at radius 2 is 1.62 bits per heavy atom. The summed E-state index contributed by atoms with van der Waals surface area (Å²) in [7, 11) is 0. The maximum absolute atomic E-state index is 12.1. The van der Waals surface area contributed by atoms with Crippen LogP contribution >= 0.6 is 0 Å². The molecule has 0 saturated heterocycles. The molecule has 1 aromatic carbocycles. The second-order valence-corrected chi connectivity index (χ2v) is 2.53. The van der Waals surface area contributed by atoms with Crippen LogP contribution in [-0.2, 0) is 13.3 Å². The quantitative estimate of drug-likeness (QED) is 0.539. The highest BCUT2D eigenvalue weighted by atomic mass is 19.1. The van der Waals surface area contributed by atoms with Crippen LogP contribution in [0.2, 0.25) is 0 Å². The number of hydrogen-bond acceptors (Lipinski definition) is 2. The number of benzene rings is 1. The average Bonchev–Trinajstić information content (AvgIpc) is 2.16. The van der Waals surface area contributed by atoms with E-state index in [0.717, 1.165) is 12.1 Å². The molecule has 0 heterocycles. The summed E-state index contributed by atoms with van der Waals surface area (Å²) >= 11 is 0. The topological polar surface area (TPSA) is 43.1 Å². The highest BCUT2D eigenvalue weighted by Crippen LogP contribution is 2.18. The molecule has 1 aromatic rings. The van der Waals surface area contributed by atoms with Crippen molar-refractivity contribution in [3.05, 3.63) is 39.4 Å². The summed E-state index contributed by atoms with van der Waals surface area (Å²) in [6, 6.07) is 3.46. The van der Waals surface area contributed by atoms with Crippen molar-refractivity contribution < 1.29 is 13.7 Å². The van der Waals surface area contributed by atoms with Crippen molar-refractivity contribution in [2.24, 2.45) is 0 Å². The van der Waals surface area contributed by atoms with Crippen molar-refractivity contribution in [3.63, 3.8) is 0 Å². The Balaban J connectivity index is 3.14. The lowest BCUT2D eigenvalue weighted by atomic mass is 10.1. The van der Waals surface area contributed by atoms with E-state index in [1.165, 1.54) is 6.07 Å². The molecule has 0 unspecified atom stereocenters. The van der Waals surface area contributed by atoms with Gasteiger partial charge >= 0.3 is 0 Å². The Bertz CT molecular complexity index is 306. The van der Waals surface area contributed by atoms with E-state index in [1.807, 2.05) is 0 Å². The predicted molar refractivity (Wildman–Crippen MR) is 42.7 cm³/mol. The van der Waals surface area contributed by atoms with Crippen molar-refractivity contribution in [1.82, 2.24) is 0 Å². The SMILES string of the molecule is O=[N+]([O-])c1cc(CF)cc(CF)c1. The Labute approximate surface area is 73.1 Å². The van der Waals surface area contributed by atoms with Crippen molar-refractivity contribution >= 4 is 5.69 Å². The van der Waals surface area contributed by atoms with Gasteiger partial charge in [0, 0.05) is 12.1 Å². The molecule has 0 atom stereocenters. The van der Waals surface area contributed by atoms with E-state index in [1.54, 1.807) is 0 Å². The number of hydrogen-bond donors (Lipinski definition) is 0. The molecule has 0 aliphatic carbocycles. The molecule has 5 heteroatoms. The van der Waals surface area contributed by atoms with E-state index >= 15 is 0 Å². The van der Waals surface area contributed by atoms with E-state index in [-0.39, 0.29) is 16.8 Å². The Morgan fingerprint density at radius 1 is 1.15 bits per heavy atom. The molecule has 0 aromatic heterocycles. The lowest BCUT2D eigenvalue weighted by Crippen LogP contribution is -1.92. The molecule has 0 saturated carbocycles. The lowest BCUT2D eigenvalue weighted by molar-refractivity contribution is -0.385. The van der Waals surface area contributed by atoms with E-state index in [4.69, 9.17) is 0 Å². The van der Waals surface area contributed by atoms with Crippen LogP contribution in [-0.4, -0.2) is 4.92 Å². The van der Waals surface area contributed by atoms with E-state index in [0.29, 0.717) is 0 Å². The summed E-state index contributed by atoms with van der Waals surface area (Å²) in [5, 5.41) is 10.3. The molecule has 0 bridgehead atoms. The zero-order valence-corrected chi connectivity index (χ0v) is 6.67. The number of nitrogens with zero attached hydrogens (tertiary/aromatic N) is 1. The summed E-state index contributed by atoms with van der Waals surface area (Å²) in [5.74, 6) is 0. The van der Waals surface area contributed by atoms with Crippen molar-refractivity contribution in [1.29, 1.82) is 0 Å². The van der Waals surface area contributed by atoms with E-state index in [9.17, 15) is 18.9 Å². The normalized spacial score (nSPS) is 10.0. The number of nitro benzene ring substituents is 1. The second-order valence-electron chi connectivity index (χ2n) is 2.53. The molecule has 1 rings (SSSR count). The number of nitro groups is 1. The maximum atomic E-state index is 12.1.